The van der Waals surface area contributed by atoms with Crippen LogP contribution in [0.4, 0.5) is 4.79 Å². The number of nitrogens with zero attached hydrogens (tertiary/aromatic N) is 2. The summed E-state index contributed by atoms with van der Waals surface area (Å²) in [5, 5.41) is 0. The molecule has 0 atom stereocenters. The summed E-state index contributed by atoms with van der Waals surface area (Å²) in [5.41, 5.74) is 0.0938. The summed E-state index contributed by atoms with van der Waals surface area (Å²) in [5.74, 6) is 0.484. The Morgan fingerprint density at radius 2 is 1.58 bits per heavy atom. The fourth-order valence-corrected chi connectivity index (χ4v) is 4.18. The number of rotatable bonds is 5. The van der Waals surface area contributed by atoms with Gasteiger partial charge in [-0.1, -0.05) is 0 Å². The lowest BCUT2D eigenvalue weighted by molar-refractivity contribution is 0.00905. The van der Waals surface area contributed by atoms with E-state index in [4.69, 9.17) is 14.2 Å². The summed E-state index contributed by atoms with van der Waals surface area (Å²) >= 11 is 0. The van der Waals surface area contributed by atoms with Gasteiger partial charge in [0.05, 0.1) is 12.2 Å². The maximum Gasteiger partial charge on any atom is 0.410 e. The average molecular weight is 433 g/mol. The Kier molecular flexibility index (Phi) is 7.81. The minimum absolute atomic E-state index is 0.187. The maximum atomic E-state index is 12.3. The first-order valence-corrected chi connectivity index (χ1v) is 11.4. The Bertz CT molecular complexity index is 727. The quantitative estimate of drug-likeness (QED) is 0.653. The highest BCUT2D eigenvalue weighted by molar-refractivity contribution is 5.89. The number of hydrogen-bond acceptors (Lipinski definition) is 6. The van der Waals surface area contributed by atoms with Crippen molar-refractivity contribution >= 4 is 12.1 Å². The third kappa shape index (κ3) is 6.86. The minimum atomic E-state index is -0.449. The first-order valence-electron chi connectivity index (χ1n) is 11.4. The highest BCUT2D eigenvalue weighted by atomic mass is 16.6. The van der Waals surface area contributed by atoms with Crippen molar-refractivity contribution in [2.24, 2.45) is 0 Å². The van der Waals surface area contributed by atoms with Crippen LogP contribution in [-0.4, -0.2) is 72.4 Å². The molecule has 2 aliphatic heterocycles. The molecule has 2 heterocycles. The molecule has 0 aromatic heterocycles. The summed E-state index contributed by atoms with van der Waals surface area (Å²) in [6, 6.07) is 7.70. The van der Waals surface area contributed by atoms with Crippen molar-refractivity contribution in [3.63, 3.8) is 0 Å². The van der Waals surface area contributed by atoms with E-state index in [0.717, 1.165) is 57.6 Å². The van der Waals surface area contributed by atoms with E-state index < -0.39 is 5.60 Å². The van der Waals surface area contributed by atoms with Gasteiger partial charge in [0.15, 0.2) is 0 Å². The molecule has 2 fully saturated rings. The van der Waals surface area contributed by atoms with Crippen LogP contribution in [0.1, 0.15) is 63.7 Å². The van der Waals surface area contributed by atoms with Gasteiger partial charge >= 0.3 is 12.1 Å². The molecule has 1 amide bonds. The number of carbonyl (C=O) groups is 2. The zero-order valence-electron chi connectivity index (χ0n) is 19.3. The molecule has 0 aliphatic carbocycles. The van der Waals surface area contributed by atoms with Gasteiger partial charge < -0.3 is 19.1 Å². The number of piperidine rings is 2. The molecule has 0 N–H and O–H groups in total. The van der Waals surface area contributed by atoms with Crippen LogP contribution in [0.5, 0.6) is 5.75 Å². The largest absolute Gasteiger partial charge is 0.490 e. The van der Waals surface area contributed by atoms with Gasteiger partial charge in [0, 0.05) is 32.2 Å². The van der Waals surface area contributed by atoms with E-state index in [1.165, 1.54) is 0 Å². The van der Waals surface area contributed by atoms with Gasteiger partial charge in [0.2, 0.25) is 0 Å². The van der Waals surface area contributed by atoms with Crippen LogP contribution < -0.4 is 4.74 Å². The Balaban J connectivity index is 1.40. The summed E-state index contributed by atoms with van der Waals surface area (Å²) in [7, 11) is 0. The molecule has 3 rings (SSSR count). The second-order valence-corrected chi connectivity index (χ2v) is 9.30. The summed E-state index contributed by atoms with van der Waals surface area (Å²) in [4.78, 5) is 28.4. The Morgan fingerprint density at radius 1 is 0.968 bits per heavy atom. The van der Waals surface area contributed by atoms with Crippen molar-refractivity contribution in [2.75, 3.05) is 32.8 Å². The lowest BCUT2D eigenvalue weighted by atomic mass is 9.99. The van der Waals surface area contributed by atoms with Gasteiger partial charge in [-0.2, -0.15) is 0 Å². The Hall–Kier alpha value is -2.28. The van der Waals surface area contributed by atoms with Crippen molar-refractivity contribution in [1.29, 1.82) is 0 Å². The predicted octanol–water partition coefficient (Wildman–Crippen LogP) is 4.11. The van der Waals surface area contributed by atoms with Gasteiger partial charge in [-0.05, 0) is 77.6 Å². The fraction of sp³-hybridized carbons (Fsp3) is 0.667. The number of amides is 1. The van der Waals surface area contributed by atoms with Crippen LogP contribution in [0, 0.1) is 0 Å². The standard InChI is InChI=1S/C24H36N2O5/c1-5-29-22(27)18-6-8-20(9-7-18)30-21-12-16-25(17-13-21)19-10-14-26(15-11-19)23(28)31-24(2,3)4/h6-9,19,21H,5,10-17H2,1-4H3. The van der Waals surface area contributed by atoms with Gasteiger partial charge in [-0.25, -0.2) is 9.59 Å². The molecule has 7 heteroatoms. The number of esters is 1. The van der Waals surface area contributed by atoms with E-state index in [-0.39, 0.29) is 18.2 Å². The van der Waals surface area contributed by atoms with Gasteiger partial charge in [-0.15, -0.1) is 0 Å². The van der Waals surface area contributed by atoms with Crippen LogP contribution in [0.15, 0.2) is 24.3 Å². The zero-order valence-corrected chi connectivity index (χ0v) is 19.3. The van der Waals surface area contributed by atoms with Crippen molar-refractivity contribution in [3.05, 3.63) is 29.8 Å². The number of ether oxygens (including phenoxy) is 3. The second-order valence-electron chi connectivity index (χ2n) is 9.30. The number of hydrogen-bond donors (Lipinski definition) is 0. The van der Waals surface area contributed by atoms with Crippen molar-refractivity contribution in [2.45, 2.75) is 71.1 Å². The van der Waals surface area contributed by atoms with Crippen LogP contribution in [-0.2, 0) is 9.47 Å². The van der Waals surface area contributed by atoms with Crippen LogP contribution in [0.3, 0.4) is 0 Å². The molecule has 0 bridgehead atoms. The third-order valence-electron chi connectivity index (χ3n) is 5.78. The highest BCUT2D eigenvalue weighted by Crippen LogP contribution is 2.25. The van der Waals surface area contributed by atoms with E-state index >= 15 is 0 Å². The molecule has 0 saturated carbocycles. The molecule has 0 radical (unpaired) electrons. The smallest absolute Gasteiger partial charge is 0.410 e. The van der Waals surface area contributed by atoms with Crippen LogP contribution in [0.25, 0.3) is 0 Å². The van der Waals surface area contributed by atoms with E-state index in [9.17, 15) is 9.59 Å². The number of carbonyl (C=O) groups excluding carboxylic acids is 2. The first-order chi connectivity index (χ1) is 14.7. The fourth-order valence-electron chi connectivity index (χ4n) is 4.18. The molecule has 0 unspecified atom stereocenters. The van der Waals surface area contributed by atoms with Crippen LogP contribution in [0.2, 0.25) is 0 Å². The lowest BCUT2D eigenvalue weighted by Crippen LogP contribution is -2.50. The van der Waals surface area contributed by atoms with E-state index in [2.05, 4.69) is 4.90 Å². The molecule has 2 saturated heterocycles. The summed E-state index contributed by atoms with van der Waals surface area (Å²) in [6.45, 7) is 11.4. The molecule has 2 aliphatic rings. The Labute approximate surface area is 185 Å². The van der Waals surface area contributed by atoms with E-state index in [0.29, 0.717) is 18.2 Å². The molecule has 0 spiro atoms. The lowest BCUT2D eigenvalue weighted by Gasteiger charge is -2.41. The first kappa shape index (κ1) is 23.4. The van der Waals surface area contributed by atoms with Gasteiger partial charge in [0.25, 0.3) is 0 Å². The van der Waals surface area contributed by atoms with Crippen molar-refractivity contribution < 1.29 is 23.8 Å². The normalized spacial score (nSPS) is 19.2. The van der Waals surface area contributed by atoms with E-state index in [1.807, 2.05) is 37.8 Å². The maximum absolute atomic E-state index is 12.3. The molecule has 172 valence electrons. The molecular weight excluding hydrogens is 396 g/mol. The van der Waals surface area contributed by atoms with Gasteiger partial charge in [0.1, 0.15) is 17.5 Å². The topological polar surface area (TPSA) is 68.3 Å². The average Bonchev–Trinajstić information content (AvgIpc) is 2.74. The minimum Gasteiger partial charge on any atom is -0.490 e. The number of benzene rings is 1. The predicted molar refractivity (Wildman–Crippen MR) is 118 cm³/mol. The summed E-state index contributed by atoms with van der Waals surface area (Å²) in [6.07, 6.45) is 3.91. The van der Waals surface area contributed by atoms with Crippen molar-refractivity contribution in [3.8, 4) is 5.75 Å². The second kappa shape index (κ2) is 10.4. The third-order valence-corrected chi connectivity index (χ3v) is 5.78. The SMILES string of the molecule is CCOC(=O)c1ccc(OC2CCN(C3CCN(C(=O)OC(C)(C)C)CC3)CC2)cc1. The molecular formula is C24H36N2O5. The zero-order chi connectivity index (χ0) is 22.4. The highest BCUT2D eigenvalue weighted by Gasteiger charge is 2.31. The van der Waals surface area contributed by atoms with Crippen LogP contribution >= 0.6 is 0 Å². The Morgan fingerprint density at radius 3 is 2.13 bits per heavy atom. The van der Waals surface area contributed by atoms with E-state index in [1.54, 1.807) is 19.1 Å². The molecule has 1 aromatic carbocycles. The summed E-state index contributed by atoms with van der Waals surface area (Å²) < 4.78 is 16.6. The molecule has 1 aromatic rings. The molecule has 31 heavy (non-hydrogen) atoms. The van der Waals surface area contributed by atoms with Gasteiger partial charge in [-0.3, -0.25) is 4.90 Å². The molecule has 7 nitrogen and oxygen atoms in total. The number of likely N-dealkylation sites (tertiary alicyclic amines) is 2. The van der Waals surface area contributed by atoms with Crippen molar-refractivity contribution in [1.82, 2.24) is 9.80 Å². The monoisotopic (exact) mass is 432 g/mol.